The largest absolute Gasteiger partial charge is 0.506 e. The smallest absolute Gasteiger partial charge is 0.240 e. The molecule has 1 aromatic rings. The molecule has 0 unspecified atom stereocenters. The standard InChI is InChI=1S/C12H18N2O3S/c13-11-8-10(4-5-12(11)15)18(16,17)14-7-6-9-2-1-3-9/h4-5,8-9,14-15H,1-3,6-7,13H2. The number of benzene rings is 1. The van der Waals surface area contributed by atoms with E-state index in [0.29, 0.717) is 12.5 Å². The lowest BCUT2D eigenvalue weighted by Gasteiger charge is -2.25. The van der Waals surface area contributed by atoms with Crippen LogP contribution in [-0.4, -0.2) is 20.1 Å². The van der Waals surface area contributed by atoms with Crippen LogP contribution in [0, 0.1) is 5.92 Å². The summed E-state index contributed by atoms with van der Waals surface area (Å²) in [5, 5.41) is 9.26. The Morgan fingerprint density at radius 3 is 2.67 bits per heavy atom. The van der Waals surface area contributed by atoms with E-state index in [-0.39, 0.29) is 16.3 Å². The fraction of sp³-hybridized carbons (Fsp3) is 0.500. The van der Waals surface area contributed by atoms with Crippen molar-refractivity contribution in [3.05, 3.63) is 18.2 Å². The van der Waals surface area contributed by atoms with E-state index >= 15 is 0 Å². The van der Waals surface area contributed by atoms with Crippen molar-refractivity contribution < 1.29 is 13.5 Å². The fourth-order valence-corrected chi connectivity index (χ4v) is 3.04. The zero-order valence-corrected chi connectivity index (χ0v) is 10.9. The maximum absolute atomic E-state index is 11.9. The van der Waals surface area contributed by atoms with Crippen LogP contribution < -0.4 is 10.5 Å². The van der Waals surface area contributed by atoms with Crippen LogP contribution in [0.5, 0.6) is 5.75 Å². The minimum Gasteiger partial charge on any atom is -0.506 e. The van der Waals surface area contributed by atoms with Crippen LogP contribution in [-0.2, 0) is 10.0 Å². The van der Waals surface area contributed by atoms with Crippen molar-refractivity contribution in [1.82, 2.24) is 4.72 Å². The van der Waals surface area contributed by atoms with Crippen LogP contribution in [0.25, 0.3) is 0 Å². The number of nitrogens with one attached hydrogen (secondary N) is 1. The number of nitrogen functional groups attached to an aromatic ring is 1. The SMILES string of the molecule is Nc1cc(S(=O)(=O)NCCC2CCC2)ccc1O. The molecule has 0 aliphatic heterocycles. The maximum atomic E-state index is 11.9. The van der Waals surface area contributed by atoms with E-state index < -0.39 is 10.0 Å². The summed E-state index contributed by atoms with van der Waals surface area (Å²) >= 11 is 0. The summed E-state index contributed by atoms with van der Waals surface area (Å²) in [7, 11) is -3.52. The number of rotatable bonds is 5. The van der Waals surface area contributed by atoms with Gasteiger partial charge in [-0.15, -0.1) is 0 Å². The highest BCUT2D eigenvalue weighted by atomic mass is 32.2. The molecule has 100 valence electrons. The van der Waals surface area contributed by atoms with Gasteiger partial charge >= 0.3 is 0 Å². The van der Waals surface area contributed by atoms with E-state index in [4.69, 9.17) is 5.73 Å². The lowest BCUT2D eigenvalue weighted by Crippen LogP contribution is -2.27. The Hall–Kier alpha value is -1.27. The van der Waals surface area contributed by atoms with Gasteiger partial charge in [-0.1, -0.05) is 19.3 Å². The zero-order valence-electron chi connectivity index (χ0n) is 10.1. The molecule has 1 aromatic carbocycles. The molecule has 0 bridgehead atoms. The van der Waals surface area contributed by atoms with Crippen molar-refractivity contribution in [2.45, 2.75) is 30.6 Å². The molecule has 0 heterocycles. The van der Waals surface area contributed by atoms with Crippen LogP contribution in [0.4, 0.5) is 5.69 Å². The third kappa shape index (κ3) is 2.94. The highest BCUT2D eigenvalue weighted by molar-refractivity contribution is 7.89. The van der Waals surface area contributed by atoms with Crippen LogP contribution in [0.3, 0.4) is 0 Å². The Morgan fingerprint density at radius 2 is 2.11 bits per heavy atom. The second-order valence-electron chi connectivity index (χ2n) is 4.70. The van der Waals surface area contributed by atoms with Gasteiger partial charge in [-0.3, -0.25) is 0 Å². The number of sulfonamides is 1. The summed E-state index contributed by atoms with van der Waals surface area (Å²) in [6.07, 6.45) is 4.54. The Labute approximate surface area is 107 Å². The van der Waals surface area contributed by atoms with Gasteiger partial charge in [0.15, 0.2) is 0 Å². The third-order valence-corrected chi connectivity index (χ3v) is 4.84. The predicted octanol–water partition coefficient (Wildman–Crippen LogP) is 1.44. The molecule has 1 fully saturated rings. The summed E-state index contributed by atoms with van der Waals surface area (Å²) in [5.74, 6) is 0.556. The minimum atomic E-state index is -3.52. The first-order chi connectivity index (χ1) is 8.49. The van der Waals surface area contributed by atoms with Gasteiger partial charge in [0, 0.05) is 6.54 Å². The van der Waals surface area contributed by atoms with Crippen LogP contribution >= 0.6 is 0 Å². The summed E-state index contributed by atoms with van der Waals surface area (Å²) in [4.78, 5) is 0.0893. The van der Waals surface area contributed by atoms with Gasteiger partial charge in [-0.05, 0) is 30.5 Å². The number of nitrogens with two attached hydrogens (primary N) is 1. The normalized spacial score (nSPS) is 16.4. The van der Waals surface area contributed by atoms with Gasteiger partial charge in [-0.25, -0.2) is 13.1 Å². The van der Waals surface area contributed by atoms with Crippen LogP contribution in [0.2, 0.25) is 0 Å². The molecule has 4 N–H and O–H groups in total. The molecule has 1 aliphatic rings. The minimum absolute atomic E-state index is 0.0665. The number of hydrogen-bond donors (Lipinski definition) is 3. The highest BCUT2D eigenvalue weighted by Crippen LogP contribution is 2.29. The van der Waals surface area contributed by atoms with Crippen LogP contribution in [0.15, 0.2) is 23.1 Å². The van der Waals surface area contributed by atoms with Gasteiger partial charge in [0.1, 0.15) is 5.75 Å². The van der Waals surface area contributed by atoms with Gasteiger partial charge in [0.25, 0.3) is 0 Å². The van der Waals surface area contributed by atoms with Gasteiger partial charge in [0.05, 0.1) is 10.6 Å². The number of phenols is 1. The molecule has 6 heteroatoms. The van der Waals surface area contributed by atoms with Gasteiger partial charge < -0.3 is 10.8 Å². The lowest BCUT2D eigenvalue weighted by atomic mass is 9.83. The first-order valence-electron chi connectivity index (χ1n) is 6.07. The quantitative estimate of drug-likeness (QED) is 0.557. The molecule has 1 saturated carbocycles. The van der Waals surface area contributed by atoms with Crippen molar-refractivity contribution in [1.29, 1.82) is 0 Å². The van der Waals surface area contributed by atoms with E-state index in [1.54, 1.807) is 0 Å². The Balaban J connectivity index is 1.98. The average Bonchev–Trinajstić information content (AvgIpc) is 2.25. The number of phenolic OH excluding ortho intramolecular Hbond substituents is 1. The second-order valence-corrected chi connectivity index (χ2v) is 6.47. The molecule has 1 aliphatic carbocycles. The molecule has 0 spiro atoms. The van der Waals surface area contributed by atoms with Crippen molar-refractivity contribution in [3.8, 4) is 5.75 Å². The summed E-state index contributed by atoms with van der Waals surface area (Å²) < 4.78 is 26.4. The second kappa shape index (κ2) is 5.16. The Kier molecular flexibility index (Phi) is 3.77. The summed E-state index contributed by atoms with van der Waals surface area (Å²) in [5.41, 5.74) is 5.55. The molecule has 0 amide bonds. The molecule has 18 heavy (non-hydrogen) atoms. The van der Waals surface area contributed by atoms with Gasteiger partial charge in [-0.2, -0.15) is 0 Å². The molecule has 5 nitrogen and oxygen atoms in total. The highest BCUT2D eigenvalue weighted by Gasteiger charge is 2.19. The average molecular weight is 270 g/mol. The van der Waals surface area contributed by atoms with Crippen molar-refractivity contribution in [3.63, 3.8) is 0 Å². The summed E-state index contributed by atoms with van der Waals surface area (Å²) in [6.45, 7) is 0.452. The van der Waals surface area contributed by atoms with Crippen molar-refractivity contribution in [2.24, 2.45) is 5.92 Å². The Morgan fingerprint density at radius 1 is 1.39 bits per heavy atom. The fourth-order valence-electron chi connectivity index (χ4n) is 1.96. The number of hydrogen-bond acceptors (Lipinski definition) is 4. The third-order valence-electron chi connectivity index (χ3n) is 3.38. The Bertz CT molecular complexity index is 524. The number of aromatic hydroxyl groups is 1. The first kappa shape index (κ1) is 13.2. The van der Waals surface area contributed by atoms with Crippen molar-refractivity contribution >= 4 is 15.7 Å². The van der Waals surface area contributed by atoms with E-state index in [1.165, 1.54) is 37.5 Å². The van der Waals surface area contributed by atoms with E-state index in [9.17, 15) is 13.5 Å². The predicted molar refractivity (Wildman–Crippen MR) is 69.7 cm³/mol. The van der Waals surface area contributed by atoms with Gasteiger partial charge in [0.2, 0.25) is 10.0 Å². The van der Waals surface area contributed by atoms with E-state index in [1.807, 2.05) is 0 Å². The van der Waals surface area contributed by atoms with E-state index in [0.717, 1.165) is 6.42 Å². The monoisotopic (exact) mass is 270 g/mol. The molecule has 0 radical (unpaired) electrons. The van der Waals surface area contributed by atoms with Crippen molar-refractivity contribution in [2.75, 3.05) is 12.3 Å². The molecule has 0 atom stereocenters. The lowest BCUT2D eigenvalue weighted by molar-refractivity contribution is 0.297. The molecular weight excluding hydrogens is 252 g/mol. The molecule has 2 rings (SSSR count). The summed E-state index contributed by atoms with van der Waals surface area (Å²) in [6, 6.07) is 3.90. The maximum Gasteiger partial charge on any atom is 0.240 e. The van der Waals surface area contributed by atoms with E-state index in [2.05, 4.69) is 4.72 Å². The molecule has 0 aromatic heterocycles. The molecule has 0 saturated heterocycles. The first-order valence-corrected chi connectivity index (χ1v) is 7.55. The van der Waals surface area contributed by atoms with Crippen LogP contribution in [0.1, 0.15) is 25.7 Å². The zero-order chi connectivity index (χ0) is 13.2. The number of anilines is 1. The topological polar surface area (TPSA) is 92.4 Å². The molecular formula is C12H18N2O3S.